The summed E-state index contributed by atoms with van der Waals surface area (Å²) in [5.41, 5.74) is 2.82. The van der Waals surface area contributed by atoms with Crippen molar-refractivity contribution in [2.24, 2.45) is 16.1 Å². The van der Waals surface area contributed by atoms with Crippen LogP contribution >= 0.6 is 0 Å². The van der Waals surface area contributed by atoms with Crippen molar-refractivity contribution in [2.75, 3.05) is 13.6 Å². The average Bonchev–Trinajstić information content (AvgIpc) is 3.09. The summed E-state index contributed by atoms with van der Waals surface area (Å²) in [5, 5.41) is 32.5. The maximum absolute atomic E-state index is 13.2. The van der Waals surface area contributed by atoms with Crippen LogP contribution in [0.5, 0.6) is 11.5 Å². The first-order valence-corrected chi connectivity index (χ1v) is 10.2. The van der Waals surface area contributed by atoms with Gasteiger partial charge in [-0.3, -0.25) is 0 Å². The summed E-state index contributed by atoms with van der Waals surface area (Å²) in [6.07, 6.45) is 4.60. The molecule has 2 aliphatic carbocycles. The normalized spacial score (nSPS) is 33.1. The Morgan fingerprint density at radius 3 is 2.80 bits per heavy atom. The zero-order chi connectivity index (χ0) is 19.8. The molecule has 5 atom stereocenters. The Morgan fingerprint density at radius 2 is 2.00 bits per heavy atom. The van der Waals surface area contributed by atoms with Gasteiger partial charge < -0.3 is 19.8 Å². The Labute approximate surface area is 197 Å². The van der Waals surface area contributed by atoms with Gasteiger partial charge in [0.15, 0.2) is 0 Å². The van der Waals surface area contributed by atoms with Gasteiger partial charge in [-0.05, 0) is 55.9 Å². The molecule has 0 saturated carbocycles. The first kappa shape index (κ1) is 20.2. The van der Waals surface area contributed by atoms with Crippen LogP contribution in [0.1, 0.15) is 17.5 Å². The molecule has 1 fully saturated rings. The average molecular weight is 411 g/mol. The van der Waals surface area contributed by atoms with Crippen molar-refractivity contribution < 1.29 is 44.5 Å². The van der Waals surface area contributed by atoms with Gasteiger partial charge in [-0.15, -0.1) is 0 Å². The molecule has 4 aliphatic rings. The minimum absolute atomic E-state index is 0. The van der Waals surface area contributed by atoms with Gasteiger partial charge in [-0.2, -0.15) is 10.2 Å². The molecule has 2 aromatic carbocycles. The van der Waals surface area contributed by atoms with Crippen LogP contribution in [-0.2, 0) is 11.8 Å². The maximum Gasteiger partial charge on any atom is 1.00 e. The number of hydrogen-bond acceptors (Lipinski definition) is 6. The molecule has 30 heavy (non-hydrogen) atoms. The van der Waals surface area contributed by atoms with Crippen LogP contribution in [0.3, 0.4) is 0 Å². The SMILES string of the molecule is CN1CC[C@]23c4c5cc(N=Nc6ccccc6)c([O-])c4O[C@H]2[C@@H](O)C=C[C@H]3[C@H]1C5.[Na+]. The van der Waals surface area contributed by atoms with Crippen molar-refractivity contribution in [3.8, 4) is 11.5 Å². The second kappa shape index (κ2) is 7.18. The molecule has 1 N–H and O–H groups in total. The fourth-order valence-electron chi connectivity index (χ4n) is 5.97. The van der Waals surface area contributed by atoms with E-state index in [-0.39, 0.29) is 46.6 Å². The Hall–Kier alpha value is -1.70. The number of rotatable bonds is 2. The van der Waals surface area contributed by atoms with Gasteiger partial charge in [0.25, 0.3) is 0 Å². The van der Waals surface area contributed by atoms with Crippen molar-refractivity contribution in [2.45, 2.75) is 36.5 Å². The van der Waals surface area contributed by atoms with E-state index in [1.54, 1.807) is 0 Å². The summed E-state index contributed by atoms with van der Waals surface area (Å²) in [6, 6.07) is 11.6. The Bertz CT molecular complexity index is 1060. The molecule has 6 nitrogen and oxygen atoms in total. The minimum Gasteiger partial charge on any atom is -0.868 e. The third-order valence-electron chi connectivity index (χ3n) is 7.25. The predicted molar refractivity (Wildman–Crippen MR) is 106 cm³/mol. The van der Waals surface area contributed by atoms with Crippen molar-refractivity contribution in [3.63, 3.8) is 0 Å². The van der Waals surface area contributed by atoms with E-state index in [9.17, 15) is 10.2 Å². The summed E-state index contributed by atoms with van der Waals surface area (Å²) in [6.45, 7) is 0.935. The third-order valence-corrected chi connectivity index (χ3v) is 7.25. The molecular formula is C23H22N3NaO3. The summed E-state index contributed by atoms with van der Waals surface area (Å²) in [4.78, 5) is 2.40. The van der Waals surface area contributed by atoms with Crippen LogP contribution in [0.2, 0.25) is 0 Å². The number of aliphatic hydroxyl groups is 1. The second-order valence-corrected chi connectivity index (χ2v) is 8.61. The first-order chi connectivity index (χ1) is 14.1. The first-order valence-electron chi connectivity index (χ1n) is 10.2. The van der Waals surface area contributed by atoms with Gasteiger partial charge in [0.05, 0.1) is 11.4 Å². The number of likely N-dealkylation sites (tertiary alicyclic amines) is 1. The summed E-state index contributed by atoms with van der Waals surface area (Å²) >= 11 is 0. The quantitative estimate of drug-likeness (QED) is 0.428. The molecular weight excluding hydrogens is 389 g/mol. The Kier molecular flexibility index (Phi) is 4.84. The zero-order valence-corrected chi connectivity index (χ0v) is 19.2. The molecule has 7 heteroatoms. The number of aliphatic hydroxyl groups excluding tert-OH is 1. The summed E-state index contributed by atoms with van der Waals surface area (Å²) < 4.78 is 6.22. The molecule has 1 saturated heterocycles. The Balaban J connectivity index is 0.00000193. The topological polar surface area (TPSA) is 80.5 Å². The van der Waals surface area contributed by atoms with Crippen molar-refractivity contribution in [1.82, 2.24) is 4.90 Å². The van der Waals surface area contributed by atoms with E-state index in [0.29, 0.717) is 23.2 Å². The van der Waals surface area contributed by atoms with Gasteiger partial charge in [-0.25, -0.2) is 0 Å². The molecule has 6 rings (SSSR count). The third kappa shape index (κ3) is 2.61. The second-order valence-electron chi connectivity index (χ2n) is 8.61. The van der Waals surface area contributed by atoms with E-state index in [1.165, 1.54) is 0 Å². The van der Waals surface area contributed by atoms with E-state index in [2.05, 4.69) is 28.3 Å². The van der Waals surface area contributed by atoms with Crippen LogP contribution < -0.4 is 39.4 Å². The largest absolute Gasteiger partial charge is 1.00 e. The van der Waals surface area contributed by atoms with E-state index in [4.69, 9.17) is 4.74 Å². The van der Waals surface area contributed by atoms with Gasteiger partial charge in [0.2, 0.25) is 0 Å². The number of hydrogen-bond donors (Lipinski definition) is 1. The summed E-state index contributed by atoms with van der Waals surface area (Å²) in [5.74, 6) is 0.403. The molecule has 1 spiro atoms. The van der Waals surface area contributed by atoms with E-state index in [1.807, 2.05) is 42.5 Å². The van der Waals surface area contributed by atoms with E-state index in [0.717, 1.165) is 30.5 Å². The maximum atomic E-state index is 13.2. The molecule has 2 bridgehead atoms. The molecule has 0 aromatic heterocycles. The molecule has 2 aliphatic heterocycles. The molecule has 148 valence electrons. The van der Waals surface area contributed by atoms with Gasteiger partial charge in [0.1, 0.15) is 18.0 Å². The van der Waals surface area contributed by atoms with Crippen molar-refractivity contribution in [1.29, 1.82) is 0 Å². The van der Waals surface area contributed by atoms with Crippen LogP contribution in [0.15, 0.2) is 58.8 Å². The zero-order valence-electron chi connectivity index (χ0n) is 17.2. The minimum atomic E-state index is -0.706. The number of azo groups is 1. The van der Waals surface area contributed by atoms with E-state index >= 15 is 0 Å². The van der Waals surface area contributed by atoms with Gasteiger partial charge in [0, 0.05) is 22.9 Å². The Morgan fingerprint density at radius 1 is 1.20 bits per heavy atom. The van der Waals surface area contributed by atoms with Crippen LogP contribution in [0.25, 0.3) is 0 Å². The van der Waals surface area contributed by atoms with Crippen LogP contribution in [-0.4, -0.2) is 41.8 Å². The molecule has 0 unspecified atom stereocenters. The van der Waals surface area contributed by atoms with E-state index < -0.39 is 12.2 Å². The number of benzene rings is 2. The number of piperidine rings is 1. The number of ether oxygens (including phenoxy) is 1. The van der Waals surface area contributed by atoms with Crippen molar-refractivity contribution in [3.05, 3.63) is 59.7 Å². The van der Waals surface area contributed by atoms with Gasteiger partial charge in [-0.1, -0.05) is 30.4 Å². The molecule has 2 heterocycles. The standard InChI is InChI=1S/C23H23N3O3.Na/c1-26-10-9-23-15-7-8-18(27)22(23)29-21-19(23)13(12-17(15)26)11-16(20(21)28)25-24-14-5-3-2-4-6-14;/h2-8,11,15,17-18,22,27-28H,9-10,12H2,1H3;/q;+1/p-1/t15-,17+,18-,22-,23-;/m0./s1. The summed E-state index contributed by atoms with van der Waals surface area (Å²) in [7, 11) is 2.16. The smallest absolute Gasteiger partial charge is 0.868 e. The predicted octanol–water partition coefficient (Wildman–Crippen LogP) is -0.0145. The number of nitrogens with zero attached hydrogens (tertiary/aromatic N) is 3. The fourth-order valence-corrected chi connectivity index (χ4v) is 5.97. The molecule has 0 radical (unpaired) electrons. The monoisotopic (exact) mass is 411 g/mol. The van der Waals surface area contributed by atoms with Crippen LogP contribution in [0.4, 0.5) is 11.4 Å². The number of likely N-dealkylation sites (N-methyl/N-ethyl adjacent to an activating group) is 1. The van der Waals surface area contributed by atoms with Crippen molar-refractivity contribution >= 4 is 11.4 Å². The molecule has 0 amide bonds. The fraction of sp³-hybridized carbons (Fsp3) is 0.391. The molecule has 2 aromatic rings. The van der Waals surface area contributed by atoms with Gasteiger partial charge >= 0.3 is 29.6 Å². The van der Waals surface area contributed by atoms with Crippen LogP contribution in [0, 0.1) is 5.92 Å².